The third-order valence-electron chi connectivity index (χ3n) is 4.04. The lowest BCUT2D eigenvalue weighted by Gasteiger charge is -2.27. The normalized spacial score (nSPS) is 23.3. The van der Waals surface area contributed by atoms with Gasteiger partial charge in [0.25, 0.3) is 0 Å². The van der Waals surface area contributed by atoms with Crippen molar-refractivity contribution < 1.29 is 0 Å². The largest absolute Gasteiger partial charge is 0.351 e. The maximum atomic E-state index is 4.71. The maximum Gasteiger partial charge on any atom is 0.147 e. The van der Waals surface area contributed by atoms with Gasteiger partial charge in [-0.3, -0.25) is 4.98 Å². The van der Waals surface area contributed by atoms with Gasteiger partial charge in [0, 0.05) is 18.6 Å². The number of hydrogen-bond donors (Lipinski definition) is 1. The second-order valence-corrected chi connectivity index (χ2v) is 5.58. The summed E-state index contributed by atoms with van der Waals surface area (Å²) in [6, 6.07) is 1.33. The molecule has 2 fully saturated rings. The van der Waals surface area contributed by atoms with Crippen molar-refractivity contribution in [3.63, 3.8) is 0 Å². The van der Waals surface area contributed by atoms with Crippen LogP contribution in [0.4, 0.5) is 5.82 Å². The van der Waals surface area contributed by atoms with Crippen LogP contribution < -0.4 is 10.2 Å². The average molecular weight is 246 g/mol. The molecule has 98 valence electrons. The van der Waals surface area contributed by atoms with Crippen LogP contribution in [0.3, 0.4) is 0 Å². The van der Waals surface area contributed by atoms with Gasteiger partial charge >= 0.3 is 0 Å². The summed E-state index contributed by atoms with van der Waals surface area (Å²) in [5, 5.41) is 3.58. The standard InChI is InChI=1S/C14H22N4/c1-10-11(2)17-14(8-16-10)18(13-5-6-13)9-12-4-3-7-15-12/h8,12-13,15H,3-7,9H2,1-2H3. The second-order valence-electron chi connectivity index (χ2n) is 5.58. The van der Waals surface area contributed by atoms with E-state index in [9.17, 15) is 0 Å². The first-order valence-corrected chi connectivity index (χ1v) is 7.04. The van der Waals surface area contributed by atoms with Gasteiger partial charge in [-0.25, -0.2) is 4.98 Å². The molecule has 4 nitrogen and oxygen atoms in total. The summed E-state index contributed by atoms with van der Waals surface area (Å²) in [4.78, 5) is 11.6. The molecule has 1 atom stereocenters. The molecular weight excluding hydrogens is 224 g/mol. The van der Waals surface area contributed by atoms with Crippen molar-refractivity contribution in [1.29, 1.82) is 0 Å². The smallest absolute Gasteiger partial charge is 0.147 e. The molecule has 1 aliphatic carbocycles. The van der Waals surface area contributed by atoms with E-state index in [1.165, 1.54) is 32.2 Å². The molecule has 3 rings (SSSR count). The maximum absolute atomic E-state index is 4.71. The topological polar surface area (TPSA) is 41.1 Å². The Hall–Kier alpha value is -1.16. The summed E-state index contributed by atoms with van der Waals surface area (Å²) in [6.07, 6.45) is 7.15. The van der Waals surface area contributed by atoms with Crippen molar-refractivity contribution in [2.45, 2.75) is 51.6 Å². The zero-order valence-electron chi connectivity index (χ0n) is 11.3. The minimum Gasteiger partial charge on any atom is -0.351 e. The van der Waals surface area contributed by atoms with E-state index in [4.69, 9.17) is 4.98 Å². The Morgan fingerprint density at radius 1 is 1.28 bits per heavy atom. The van der Waals surface area contributed by atoms with Crippen LogP contribution in [0.15, 0.2) is 6.20 Å². The minimum absolute atomic E-state index is 0.633. The number of hydrogen-bond acceptors (Lipinski definition) is 4. The van der Waals surface area contributed by atoms with E-state index in [-0.39, 0.29) is 0 Å². The van der Waals surface area contributed by atoms with E-state index in [0.717, 1.165) is 23.8 Å². The zero-order chi connectivity index (χ0) is 12.5. The molecule has 0 amide bonds. The number of rotatable bonds is 4. The monoisotopic (exact) mass is 246 g/mol. The lowest BCUT2D eigenvalue weighted by Crippen LogP contribution is -2.39. The Balaban J connectivity index is 1.77. The SMILES string of the molecule is Cc1ncc(N(CC2CCCN2)C2CC2)nc1C. The molecule has 1 aromatic heterocycles. The van der Waals surface area contributed by atoms with Crippen molar-refractivity contribution in [1.82, 2.24) is 15.3 Å². The van der Waals surface area contributed by atoms with Gasteiger partial charge < -0.3 is 10.2 Å². The summed E-state index contributed by atoms with van der Waals surface area (Å²) in [5.74, 6) is 1.06. The second kappa shape index (κ2) is 4.84. The summed E-state index contributed by atoms with van der Waals surface area (Å²) in [7, 11) is 0. The van der Waals surface area contributed by atoms with Gasteiger partial charge in [-0.05, 0) is 46.1 Å². The molecule has 0 radical (unpaired) electrons. The van der Waals surface area contributed by atoms with E-state index < -0.39 is 0 Å². The zero-order valence-corrected chi connectivity index (χ0v) is 11.3. The number of nitrogens with one attached hydrogen (secondary N) is 1. The molecule has 4 heteroatoms. The molecule has 1 N–H and O–H groups in total. The molecule has 1 aromatic rings. The fourth-order valence-electron chi connectivity index (χ4n) is 2.63. The lowest BCUT2D eigenvalue weighted by molar-refractivity contribution is 0.574. The molecular formula is C14H22N4. The molecule has 1 saturated carbocycles. The van der Waals surface area contributed by atoms with Crippen LogP contribution in [-0.4, -0.2) is 35.1 Å². The highest BCUT2D eigenvalue weighted by Gasteiger charge is 2.32. The fourth-order valence-corrected chi connectivity index (χ4v) is 2.63. The van der Waals surface area contributed by atoms with Crippen LogP contribution in [-0.2, 0) is 0 Å². The fraction of sp³-hybridized carbons (Fsp3) is 0.714. The van der Waals surface area contributed by atoms with Gasteiger partial charge in [0.05, 0.1) is 17.6 Å². The molecule has 1 aliphatic heterocycles. The quantitative estimate of drug-likeness (QED) is 0.880. The van der Waals surface area contributed by atoms with Crippen molar-refractivity contribution in [3.05, 3.63) is 17.6 Å². The highest BCUT2D eigenvalue weighted by molar-refractivity contribution is 5.41. The number of anilines is 1. The Morgan fingerprint density at radius 2 is 2.11 bits per heavy atom. The van der Waals surface area contributed by atoms with Crippen molar-refractivity contribution in [3.8, 4) is 0 Å². The van der Waals surface area contributed by atoms with Crippen LogP contribution in [0.5, 0.6) is 0 Å². The van der Waals surface area contributed by atoms with Crippen LogP contribution in [0.2, 0.25) is 0 Å². The summed E-state index contributed by atoms with van der Waals surface area (Å²) in [5.41, 5.74) is 2.09. The number of aryl methyl sites for hydroxylation is 2. The van der Waals surface area contributed by atoms with Crippen molar-refractivity contribution in [2.75, 3.05) is 18.0 Å². The molecule has 0 spiro atoms. The lowest BCUT2D eigenvalue weighted by atomic mass is 10.2. The molecule has 0 bridgehead atoms. The van der Waals surface area contributed by atoms with Crippen molar-refractivity contribution in [2.24, 2.45) is 0 Å². The van der Waals surface area contributed by atoms with Gasteiger partial charge in [-0.15, -0.1) is 0 Å². The number of aromatic nitrogens is 2. The molecule has 0 aromatic carbocycles. The van der Waals surface area contributed by atoms with E-state index in [1.54, 1.807) is 0 Å². The molecule has 2 aliphatic rings. The molecule has 1 unspecified atom stereocenters. The Kier molecular flexibility index (Phi) is 3.20. The Morgan fingerprint density at radius 3 is 2.72 bits per heavy atom. The summed E-state index contributed by atoms with van der Waals surface area (Å²) >= 11 is 0. The van der Waals surface area contributed by atoms with Crippen LogP contribution in [0.1, 0.15) is 37.1 Å². The van der Waals surface area contributed by atoms with E-state index in [1.807, 2.05) is 20.0 Å². The number of nitrogens with zero attached hydrogens (tertiary/aromatic N) is 3. The predicted octanol–water partition coefficient (Wildman–Crippen LogP) is 1.81. The first-order valence-electron chi connectivity index (χ1n) is 7.04. The van der Waals surface area contributed by atoms with Gasteiger partial charge in [-0.1, -0.05) is 0 Å². The molecule has 2 heterocycles. The van der Waals surface area contributed by atoms with E-state index in [0.29, 0.717) is 12.1 Å². The minimum atomic E-state index is 0.633. The first kappa shape index (κ1) is 11.9. The van der Waals surface area contributed by atoms with E-state index in [2.05, 4.69) is 15.2 Å². The molecule has 1 saturated heterocycles. The highest BCUT2D eigenvalue weighted by atomic mass is 15.3. The average Bonchev–Trinajstić information content (AvgIpc) is 3.07. The summed E-state index contributed by atoms with van der Waals surface area (Å²) in [6.45, 7) is 6.32. The third-order valence-corrected chi connectivity index (χ3v) is 4.04. The van der Waals surface area contributed by atoms with Gasteiger partial charge in [-0.2, -0.15) is 0 Å². The van der Waals surface area contributed by atoms with Crippen LogP contribution in [0, 0.1) is 13.8 Å². The third kappa shape index (κ3) is 2.48. The molecule has 18 heavy (non-hydrogen) atoms. The van der Waals surface area contributed by atoms with E-state index >= 15 is 0 Å². The van der Waals surface area contributed by atoms with Gasteiger partial charge in [0.2, 0.25) is 0 Å². The van der Waals surface area contributed by atoms with Gasteiger partial charge in [0.15, 0.2) is 0 Å². The van der Waals surface area contributed by atoms with Crippen LogP contribution >= 0.6 is 0 Å². The van der Waals surface area contributed by atoms with Gasteiger partial charge in [0.1, 0.15) is 5.82 Å². The van der Waals surface area contributed by atoms with Crippen molar-refractivity contribution >= 4 is 5.82 Å². The Bertz CT molecular complexity index is 422. The van der Waals surface area contributed by atoms with Crippen LogP contribution in [0.25, 0.3) is 0 Å². The predicted molar refractivity (Wildman–Crippen MR) is 72.9 cm³/mol. The summed E-state index contributed by atoms with van der Waals surface area (Å²) < 4.78 is 0. The Labute approximate surface area is 109 Å². The first-order chi connectivity index (χ1) is 8.74. The highest BCUT2D eigenvalue weighted by Crippen LogP contribution is 2.31.